The first-order chi connectivity index (χ1) is 9.46. The predicted molar refractivity (Wildman–Crippen MR) is 75.8 cm³/mol. The van der Waals surface area contributed by atoms with Crippen molar-refractivity contribution in [1.82, 2.24) is 9.21 Å². The van der Waals surface area contributed by atoms with Crippen LogP contribution in [0.4, 0.5) is 0 Å². The molecule has 116 valence electrons. The minimum atomic E-state index is -3.17. The second kappa shape index (κ2) is 6.41. The average molecular weight is 304 g/mol. The van der Waals surface area contributed by atoms with Gasteiger partial charge in [-0.1, -0.05) is 0 Å². The van der Waals surface area contributed by atoms with Gasteiger partial charge >= 0.3 is 0 Å². The van der Waals surface area contributed by atoms with Gasteiger partial charge in [0.2, 0.25) is 10.0 Å². The Labute approximate surface area is 121 Å². The highest BCUT2D eigenvalue weighted by molar-refractivity contribution is 7.89. The van der Waals surface area contributed by atoms with Crippen molar-refractivity contribution < 1.29 is 17.9 Å². The van der Waals surface area contributed by atoms with E-state index in [1.165, 1.54) is 7.11 Å². The number of hydrogen-bond donors (Lipinski definition) is 0. The molecule has 20 heavy (non-hydrogen) atoms. The van der Waals surface area contributed by atoms with Crippen LogP contribution >= 0.6 is 0 Å². The molecule has 2 rings (SSSR count). The van der Waals surface area contributed by atoms with Crippen LogP contribution in [0.3, 0.4) is 0 Å². The lowest BCUT2D eigenvalue weighted by atomic mass is 10.1. The SMILES string of the molecule is COC(C)C(=O)N1CCC(S(=O)(=O)N2CCCC2)CC1. The number of carbonyl (C=O) groups excluding carboxylic acids is 1. The monoisotopic (exact) mass is 304 g/mol. The Hall–Kier alpha value is -0.660. The van der Waals surface area contributed by atoms with Gasteiger partial charge in [-0.15, -0.1) is 0 Å². The van der Waals surface area contributed by atoms with Crippen LogP contribution in [0, 0.1) is 0 Å². The lowest BCUT2D eigenvalue weighted by Gasteiger charge is -2.34. The number of sulfonamides is 1. The molecule has 2 fully saturated rings. The van der Waals surface area contributed by atoms with Gasteiger partial charge in [-0.25, -0.2) is 12.7 Å². The van der Waals surface area contributed by atoms with E-state index in [2.05, 4.69) is 0 Å². The zero-order valence-corrected chi connectivity index (χ0v) is 13.1. The fourth-order valence-electron chi connectivity index (χ4n) is 2.89. The first kappa shape index (κ1) is 15.7. The van der Waals surface area contributed by atoms with Crippen molar-refractivity contribution in [3.63, 3.8) is 0 Å². The average Bonchev–Trinajstić information content (AvgIpc) is 3.00. The molecule has 2 aliphatic heterocycles. The third kappa shape index (κ3) is 3.15. The molecule has 6 nitrogen and oxygen atoms in total. The number of rotatable bonds is 4. The Bertz CT molecular complexity index is 437. The molecule has 1 amide bonds. The Morgan fingerprint density at radius 1 is 1.15 bits per heavy atom. The minimum Gasteiger partial charge on any atom is -0.372 e. The number of likely N-dealkylation sites (tertiary alicyclic amines) is 1. The lowest BCUT2D eigenvalue weighted by Crippen LogP contribution is -2.48. The summed E-state index contributed by atoms with van der Waals surface area (Å²) >= 11 is 0. The number of ether oxygens (including phenoxy) is 1. The number of carbonyl (C=O) groups is 1. The fraction of sp³-hybridized carbons (Fsp3) is 0.923. The molecule has 2 saturated heterocycles. The van der Waals surface area contributed by atoms with Crippen molar-refractivity contribution in [2.75, 3.05) is 33.3 Å². The summed E-state index contributed by atoms with van der Waals surface area (Å²) in [5.41, 5.74) is 0. The fourth-order valence-corrected chi connectivity index (χ4v) is 4.88. The summed E-state index contributed by atoms with van der Waals surface area (Å²) in [5.74, 6) is -0.0514. The van der Waals surface area contributed by atoms with Gasteiger partial charge in [-0.3, -0.25) is 4.79 Å². The number of amides is 1. The van der Waals surface area contributed by atoms with E-state index in [1.807, 2.05) is 0 Å². The van der Waals surface area contributed by atoms with Crippen LogP contribution in [0.15, 0.2) is 0 Å². The standard InChI is InChI=1S/C13H24N2O4S/c1-11(19-2)13(16)14-9-5-12(6-10-14)20(17,18)15-7-3-4-8-15/h11-12H,3-10H2,1-2H3. The number of hydrogen-bond acceptors (Lipinski definition) is 4. The molecule has 0 aliphatic carbocycles. The van der Waals surface area contributed by atoms with Crippen molar-refractivity contribution in [1.29, 1.82) is 0 Å². The molecule has 7 heteroatoms. The number of nitrogens with zero attached hydrogens (tertiary/aromatic N) is 2. The highest BCUT2D eigenvalue weighted by Crippen LogP contribution is 2.24. The van der Waals surface area contributed by atoms with Crippen molar-refractivity contribution in [3.05, 3.63) is 0 Å². The first-order valence-electron chi connectivity index (χ1n) is 7.27. The third-order valence-corrected chi connectivity index (χ3v) is 6.70. The van der Waals surface area contributed by atoms with E-state index in [4.69, 9.17) is 4.74 Å². The molecule has 0 radical (unpaired) electrons. The van der Waals surface area contributed by atoms with Crippen LogP contribution in [0.25, 0.3) is 0 Å². The molecular formula is C13H24N2O4S. The van der Waals surface area contributed by atoms with Crippen LogP contribution in [0.5, 0.6) is 0 Å². The summed E-state index contributed by atoms with van der Waals surface area (Å²) in [6, 6.07) is 0. The zero-order chi connectivity index (χ0) is 14.8. The molecule has 0 bridgehead atoms. The van der Waals surface area contributed by atoms with Gasteiger partial charge in [0.15, 0.2) is 0 Å². The molecular weight excluding hydrogens is 280 g/mol. The molecule has 0 saturated carbocycles. The molecule has 2 heterocycles. The number of piperidine rings is 1. The van der Waals surface area contributed by atoms with Gasteiger partial charge in [-0.2, -0.15) is 0 Å². The predicted octanol–water partition coefficient (Wildman–Crippen LogP) is 0.438. The van der Waals surface area contributed by atoms with Crippen LogP contribution < -0.4 is 0 Å². The normalized spacial score (nSPS) is 24.0. The minimum absolute atomic E-state index is 0.0514. The molecule has 0 aromatic carbocycles. The number of methoxy groups -OCH3 is 1. The Morgan fingerprint density at radius 2 is 1.70 bits per heavy atom. The van der Waals surface area contributed by atoms with Gasteiger partial charge < -0.3 is 9.64 Å². The molecule has 2 aliphatic rings. The van der Waals surface area contributed by atoms with E-state index in [9.17, 15) is 13.2 Å². The largest absolute Gasteiger partial charge is 0.372 e. The Balaban J connectivity index is 1.92. The van der Waals surface area contributed by atoms with Crippen LogP contribution in [0.1, 0.15) is 32.6 Å². The van der Waals surface area contributed by atoms with Crippen molar-refractivity contribution in [2.45, 2.75) is 44.0 Å². The molecule has 0 aromatic heterocycles. The van der Waals surface area contributed by atoms with Crippen LogP contribution in [-0.4, -0.2) is 68.2 Å². The van der Waals surface area contributed by atoms with Crippen molar-refractivity contribution in [3.8, 4) is 0 Å². The smallest absolute Gasteiger partial charge is 0.251 e. The van der Waals surface area contributed by atoms with Gasteiger partial charge in [0, 0.05) is 33.3 Å². The van der Waals surface area contributed by atoms with Gasteiger partial charge in [0.1, 0.15) is 6.10 Å². The molecule has 0 spiro atoms. The maximum absolute atomic E-state index is 12.5. The van der Waals surface area contributed by atoms with Gasteiger partial charge in [-0.05, 0) is 32.6 Å². The van der Waals surface area contributed by atoms with E-state index in [1.54, 1.807) is 16.1 Å². The second-order valence-electron chi connectivity index (χ2n) is 5.55. The zero-order valence-electron chi connectivity index (χ0n) is 12.2. The van der Waals surface area contributed by atoms with E-state index >= 15 is 0 Å². The summed E-state index contributed by atoms with van der Waals surface area (Å²) in [6.45, 7) is 4.04. The highest BCUT2D eigenvalue weighted by Gasteiger charge is 2.37. The molecule has 1 atom stereocenters. The second-order valence-corrected chi connectivity index (χ2v) is 7.77. The topological polar surface area (TPSA) is 66.9 Å². The van der Waals surface area contributed by atoms with Gasteiger partial charge in [0.05, 0.1) is 5.25 Å². The Morgan fingerprint density at radius 3 is 2.20 bits per heavy atom. The quantitative estimate of drug-likeness (QED) is 0.756. The van der Waals surface area contributed by atoms with E-state index in [0.29, 0.717) is 39.0 Å². The molecule has 1 unspecified atom stereocenters. The van der Waals surface area contributed by atoms with E-state index < -0.39 is 16.1 Å². The van der Waals surface area contributed by atoms with Crippen LogP contribution in [0.2, 0.25) is 0 Å². The molecule has 0 N–H and O–H groups in total. The van der Waals surface area contributed by atoms with Crippen molar-refractivity contribution in [2.24, 2.45) is 0 Å². The maximum Gasteiger partial charge on any atom is 0.251 e. The lowest BCUT2D eigenvalue weighted by molar-refractivity contribution is -0.141. The van der Waals surface area contributed by atoms with Crippen molar-refractivity contribution >= 4 is 15.9 Å². The summed E-state index contributed by atoms with van der Waals surface area (Å²) < 4.78 is 31.5. The highest BCUT2D eigenvalue weighted by atomic mass is 32.2. The Kier molecular flexibility index (Phi) is 5.04. The summed E-state index contributed by atoms with van der Waals surface area (Å²) in [7, 11) is -1.67. The third-order valence-electron chi connectivity index (χ3n) is 4.30. The molecule has 0 aromatic rings. The first-order valence-corrected chi connectivity index (χ1v) is 8.77. The maximum atomic E-state index is 12.5. The van der Waals surface area contributed by atoms with Gasteiger partial charge in [0.25, 0.3) is 5.91 Å². The van der Waals surface area contributed by atoms with E-state index in [0.717, 1.165) is 12.8 Å². The summed E-state index contributed by atoms with van der Waals surface area (Å²) in [5, 5.41) is -0.331. The van der Waals surface area contributed by atoms with E-state index in [-0.39, 0.29) is 11.2 Å². The summed E-state index contributed by atoms with van der Waals surface area (Å²) in [4.78, 5) is 13.7. The van der Waals surface area contributed by atoms with Crippen LogP contribution in [-0.2, 0) is 19.6 Å². The summed E-state index contributed by atoms with van der Waals surface area (Å²) in [6.07, 6.45) is 2.52.